The van der Waals surface area contributed by atoms with Crippen molar-refractivity contribution >= 4 is 5.97 Å². The maximum Gasteiger partial charge on any atom is 0.304 e. The van der Waals surface area contributed by atoms with E-state index >= 15 is 0 Å². The average molecular weight is 256 g/mol. The van der Waals surface area contributed by atoms with Crippen molar-refractivity contribution < 1.29 is 23.4 Å². The summed E-state index contributed by atoms with van der Waals surface area (Å²) >= 11 is 0. The third kappa shape index (κ3) is 2.30. The summed E-state index contributed by atoms with van der Waals surface area (Å²) in [5.74, 6) is -0.529. The van der Waals surface area contributed by atoms with Crippen molar-refractivity contribution in [3.63, 3.8) is 0 Å². The summed E-state index contributed by atoms with van der Waals surface area (Å²) < 4.78 is 30.3. The lowest BCUT2D eigenvalue weighted by Gasteiger charge is -2.18. The summed E-state index contributed by atoms with van der Waals surface area (Å²) in [6.45, 7) is 0. The number of carboxylic acid groups (broad SMARTS) is 1. The van der Waals surface area contributed by atoms with Crippen LogP contribution in [0.4, 0.5) is 8.78 Å². The lowest BCUT2D eigenvalue weighted by molar-refractivity contribution is -0.137. The molecule has 1 aromatic carbocycles. The second kappa shape index (κ2) is 4.55. The van der Waals surface area contributed by atoms with E-state index in [9.17, 15) is 13.6 Å². The van der Waals surface area contributed by atoms with Crippen molar-refractivity contribution in [1.29, 1.82) is 0 Å². The number of benzene rings is 1. The maximum absolute atomic E-state index is 12.6. The quantitative estimate of drug-likeness (QED) is 0.880. The molecule has 0 bridgehead atoms. The van der Waals surface area contributed by atoms with Crippen LogP contribution in [-0.2, 0) is 10.2 Å². The van der Waals surface area contributed by atoms with E-state index in [1.807, 2.05) is 0 Å². The van der Waals surface area contributed by atoms with Crippen molar-refractivity contribution in [3.05, 3.63) is 29.3 Å². The molecule has 1 N–H and O–H groups in total. The van der Waals surface area contributed by atoms with Gasteiger partial charge in [-0.15, -0.1) is 0 Å². The zero-order chi connectivity index (χ0) is 13.3. The normalized spacial score (nSPS) is 16.7. The molecule has 1 aliphatic carbocycles. The van der Waals surface area contributed by atoms with Crippen LogP contribution in [0.1, 0.15) is 36.8 Å². The van der Waals surface area contributed by atoms with Gasteiger partial charge in [0.05, 0.1) is 13.5 Å². The molecule has 18 heavy (non-hydrogen) atoms. The van der Waals surface area contributed by atoms with Crippen LogP contribution in [0.15, 0.2) is 18.2 Å². The largest absolute Gasteiger partial charge is 0.496 e. The number of hydrogen-bond acceptors (Lipinski definition) is 2. The smallest absolute Gasteiger partial charge is 0.304 e. The topological polar surface area (TPSA) is 46.5 Å². The molecule has 0 aromatic heterocycles. The van der Waals surface area contributed by atoms with E-state index in [1.165, 1.54) is 19.2 Å². The molecule has 0 aliphatic heterocycles. The van der Waals surface area contributed by atoms with Crippen molar-refractivity contribution in [3.8, 4) is 5.75 Å². The first-order valence-electron chi connectivity index (χ1n) is 5.67. The highest BCUT2D eigenvalue weighted by molar-refractivity contribution is 5.70. The Balaban J connectivity index is 2.36. The minimum atomic E-state index is -2.55. The van der Waals surface area contributed by atoms with Gasteiger partial charge in [-0.3, -0.25) is 4.79 Å². The van der Waals surface area contributed by atoms with Gasteiger partial charge in [0.2, 0.25) is 0 Å². The van der Waals surface area contributed by atoms with Gasteiger partial charge < -0.3 is 9.84 Å². The van der Waals surface area contributed by atoms with Gasteiger partial charge >= 0.3 is 5.97 Å². The van der Waals surface area contributed by atoms with Crippen LogP contribution in [0.25, 0.3) is 0 Å². The standard InChI is InChI=1S/C13H14F2O3/c1-18-10-6-8(12(14)15)2-3-9(10)13(4-5-13)7-11(16)17/h2-3,6,12H,4-5,7H2,1H3,(H,16,17). The number of carbonyl (C=O) groups is 1. The molecular formula is C13H14F2O3. The molecule has 2 rings (SSSR count). The van der Waals surface area contributed by atoms with Gasteiger partial charge in [-0.1, -0.05) is 12.1 Å². The number of rotatable bonds is 5. The Kier molecular flexibility index (Phi) is 3.24. The van der Waals surface area contributed by atoms with Gasteiger partial charge in [0, 0.05) is 16.5 Å². The van der Waals surface area contributed by atoms with Crippen molar-refractivity contribution in [2.75, 3.05) is 7.11 Å². The second-order valence-corrected chi connectivity index (χ2v) is 4.61. The molecule has 1 aromatic rings. The Hall–Kier alpha value is -1.65. The molecule has 3 nitrogen and oxygen atoms in total. The Morgan fingerprint density at radius 3 is 2.61 bits per heavy atom. The number of hydrogen-bond donors (Lipinski definition) is 1. The molecule has 98 valence electrons. The third-order valence-electron chi connectivity index (χ3n) is 3.39. The van der Waals surface area contributed by atoms with E-state index in [4.69, 9.17) is 9.84 Å². The first-order chi connectivity index (χ1) is 8.48. The van der Waals surface area contributed by atoms with Crippen LogP contribution in [0.3, 0.4) is 0 Å². The molecule has 0 unspecified atom stereocenters. The molecule has 5 heteroatoms. The monoisotopic (exact) mass is 256 g/mol. The van der Waals surface area contributed by atoms with E-state index in [0.29, 0.717) is 5.75 Å². The zero-order valence-electron chi connectivity index (χ0n) is 9.95. The predicted octanol–water partition coefficient (Wildman–Crippen LogP) is 3.14. The van der Waals surface area contributed by atoms with E-state index in [1.54, 1.807) is 6.07 Å². The number of halogens is 2. The highest BCUT2D eigenvalue weighted by Gasteiger charge is 2.47. The van der Waals surface area contributed by atoms with Crippen LogP contribution in [0.5, 0.6) is 5.75 Å². The highest BCUT2D eigenvalue weighted by Crippen LogP contribution is 2.54. The van der Waals surface area contributed by atoms with E-state index in [2.05, 4.69) is 0 Å². The molecule has 0 radical (unpaired) electrons. The zero-order valence-corrected chi connectivity index (χ0v) is 9.95. The van der Waals surface area contributed by atoms with E-state index < -0.39 is 17.8 Å². The number of alkyl halides is 2. The Morgan fingerprint density at radius 1 is 1.50 bits per heavy atom. The third-order valence-corrected chi connectivity index (χ3v) is 3.39. The van der Waals surface area contributed by atoms with Crippen molar-refractivity contribution in [1.82, 2.24) is 0 Å². The van der Waals surface area contributed by atoms with Gasteiger partial charge in [0.15, 0.2) is 0 Å². The lowest BCUT2D eigenvalue weighted by atomic mass is 9.91. The Morgan fingerprint density at radius 2 is 2.17 bits per heavy atom. The summed E-state index contributed by atoms with van der Waals surface area (Å²) in [6, 6.07) is 4.20. The van der Waals surface area contributed by atoms with Crippen LogP contribution >= 0.6 is 0 Å². The van der Waals surface area contributed by atoms with E-state index in [-0.39, 0.29) is 12.0 Å². The fourth-order valence-corrected chi connectivity index (χ4v) is 2.26. The second-order valence-electron chi connectivity index (χ2n) is 4.61. The number of carboxylic acids is 1. The van der Waals surface area contributed by atoms with Crippen LogP contribution in [0, 0.1) is 0 Å². The summed E-state index contributed by atoms with van der Waals surface area (Å²) in [4.78, 5) is 10.8. The fourth-order valence-electron chi connectivity index (χ4n) is 2.26. The minimum absolute atomic E-state index is 0.0113. The van der Waals surface area contributed by atoms with Crippen molar-refractivity contribution in [2.24, 2.45) is 0 Å². The van der Waals surface area contributed by atoms with Gasteiger partial charge in [0.1, 0.15) is 5.75 Å². The van der Waals surface area contributed by atoms with Gasteiger partial charge in [-0.05, 0) is 18.9 Å². The predicted molar refractivity (Wildman–Crippen MR) is 61.1 cm³/mol. The summed E-state index contributed by atoms with van der Waals surface area (Å²) in [5, 5.41) is 8.90. The van der Waals surface area contributed by atoms with Gasteiger partial charge in [-0.25, -0.2) is 8.78 Å². The minimum Gasteiger partial charge on any atom is -0.496 e. The highest BCUT2D eigenvalue weighted by atomic mass is 19.3. The Labute approximate surface area is 103 Å². The molecule has 0 saturated heterocycles. The molecule has 1 aliphatic rings. The molecule has 1 fully saturated rings. The van der Waals surface area contributed by atoms with Gasteiger partial charge in [0.25, 0.3) is 6.43 Å². The number of aliphatic carboxylic acids is 1. The van der Waals surface area contributed by atoms with Crippen molar-refractivity contribution in [2.45, 2.75) is 31.1 Å². The summed E-state index contributed by atoms with van der Waals surface area (Å²) in [6.07, 6.45) is -1.03. The molecule has 0 amide bonds. The van der Waals surface area contributed by atoms with E-state index in [0.717, 1.165) is 18.4 Å². The SMILES string of the molecule is COc1cc(C(F)F)ccc1C1(CC(=O)O)CC1. The van der Waals surface area contributed by atoms with Crippen LogP contribution in [-0.4, -0.2) is 18.2 Å². The van der Waals surface area contributed by atoms with Gasteiger partial charge in [-0.2, -0.15) is 0 Å². The first-order valence-corrected chi connectivity index (χ1v) is 5.67. The number of methoxy groups -OCH3 is 1. The van der Waals surface area contributed by atoms with Crippen LogP contribution in [0.2, 0.25) is 0 Å². The summed E-state index contributed by atoms with van der Waals surface area (Å²) in [7, 11) is 1.41. The lowest BCUT2D eigenvalue weighted by Crippen LogP contribution is -2.14. The molecule has 1 saturated carbocycles. The maximum atomic E-state index is 12.6. The molecular weight excluding hydrogens is 242 g/mol. The molecule has 0 spiro atoms. The number of ether oxygens (including phenoxy) is 1. The fraction of sp³-hybridized carbons (Fsp3) is 0.462. The Bertz CT molecular complexity index is 467. The average Bonchev–Trinajstić information content (AvgIpc) is 3.08. The molecule has 0 atom stereocenters. The molecule has 0 heterocycles. The first kappa shape index (κ1) is 12.8. The summed E-state index contributed by atoms with van der Waals surface area (Å²) in [5.41, 5.74) is 0.177. The van der Waals surface area contributed by atoms with Crippen LogP contribution < -0.4 is 4.74 Å².